The van der Waals surface area contributed by atoms with Crippen LogP contribution in [0.15, 0.2) is 16.8 Å². The van der Waals surface area contributed by atoms with Gasteiger partial charge in [0.2, 0.25) is 0 Å². The van der Waals surface area contributed by atoms with Crippen molar-refractivity contribution in [1.29, 1.82) is 0 Å². The summed E-state index contributed by atoms with van der Waals surface area (Å²) < 4.78 is 0. The molecule has 0 amide bonds. The lowest BCUT2D eigenvalue weighted by Gasteiger charge is -2.09. The van der Waals surface area contributed by atoms with Crippen LogP contribution in [0.25, 0.3) is 0 Å². The van der Waals surface area contributed by atoms with Crippen LogP contribution in [0, 0.1) is 5.92 Å². The van der Waals surface area contributed by atoms with Gasteiger partial charge in [0.05, 0.1) is 0 Å². The van der Waals surface area contributed by atoms with Crippen LogP contribution in [0.4, 0.5) is 0 Å². The van der Waals surface area contributed by atoms with E-state index in [1.54, 1.807) is 11.3 Å². The second-order valence-corrected chi connectivity index (χ2v) is 5.35. The molecular weight excluding hydrogens is 202 g/mol. The van der Waals surface area contributed by atoms with Crippen LogP contribution in [-0.2, 0) is 6.42 Å². The highest BCUT2D eigenvalue weighted by molar-refractivity contribution is 7.07. The Balaban J connectivity index is 1.48. The lowest BCUT2D eigenvalue weighted by molar-refractivity contribution is 0.479. The zero-order chi connectivity index (χ0) is 10.3. The van der Waals surface area contributed by atoms with Gasteiger partial charge in [0, 0.05) is 0 Å². The Morgan fingerprint density at radius 3 is 2.87 bits per heavy atom. The highest BCUT2D eigenvalue weighted by Crippen LogP contribution is 2.26. The van der Waals surface area contributed by atoms with E-state index >= 15 is 0 Å². The minimum Gasteiger partial charge on any atom is -0.316 e. The lowest BCUT2D eigenvalue weighted by Crippen LogP contribution is -2.20. The fourth-order valence-corrected chi connectivity index (χ4v) is 3.10. The summed E-state index contributed by atoms with van der Waals surface area (Å²) in [5.74, 6) is 1.03. The molecule has 1 heterocycles. The highest BCUT2D eigenvalue weighted by atomic mass is 32.1. The maximum Gasteiger partial charge on any atom is -0.000806 e. The molecule has 1 aliphatic carbocycles. The molecule has 0 unspecified atom stereocenters. The van der Waals surface area contributed by atoms with E-state index in [-0.39, 0.29) is 0 Å². The highest BCUT2D eigenvalue weighted by Gasteiger charge is 2.13. The first kappa shape index (κ1) is 11.2. The minimum absolute atomic E-state index is 1.03. The van der Waals surface area contributed by atoms with Crippen LogP contribution in [0.5, 0.6) is 0 Å². The Labute approximate surface area is 96.9 Å². The summed E-state index contributed by atoms with van der Waals surface area (Å²) in [4.78, 5) is 0. The Morgan fingerprint density at radius 2 is 2.13 bits per heavy atom. The predicted octanol–water partition coefficient (Wildman–Crippen LogP) is 3.46. The van der Waals surface area contributed by atoms with Gasteiger partial charge in [0.25, 0.3) is 0 Å². The fourth-order valence-electron chi connectivity index (χ4n) is 2.40. The second kappa shape index (κ2) is 6.29. The molecule has 0 bridgehead atoms. The van der Waals surface area contributed by atoms with Crippen molar-refractivity contribution >= 4 is 11.3 Å². The molecule has 84 valence electrons. The normalized spacial score (nSPS) is 17.3. The van der Waals surface area contributed by atoms with Gasteiger partial charge >= 0.3 is 0 Å². The molecule has 1 aromatic heterocycles. The van der Waals surface area contributed by atoms with Gasteiger partial charge in [0.1, 0.15) is 0 Å². The van der Waals surface area contributed by atoms with Crippen LogP contribution in [0.2, 0.25) is 0 Å². The van der Waals surface area contributed by atoms with Gasteiger partial charge in [0.15, 0.2) is 0 Å². The summed E-state index contributed by atoms with van der Waals surface area (Å²) in [6, 6.07) is 2.23. The summed E-state index contributed by atoms with van der Waals surface area (Å²) in [5, 5.41) is 7.96. The summed E-state index contributed by atoms with van der Waals surface area (Å²) in [6.07, 6.45) is 8.48. The molecule has 1 aromatic rings. The average Bonchev–Trinajstić information content (AvgIpc) is 2.88. The maximum absolute atomic E-state index is 3.56. The van der Waals surface area contributed by atoms with Gasteiger partial charge in [-0.2, -0.15) is 11.3 Å². The number of thiophene rings is 1. The first-order chi connectivity index (χ1) is 7.45. The molecule has 0 saturated heterocycles. The van der Waals surface area contributed by atoms with E-state index in [9.17, 15) is 0 Å². The fraction of sp³-hybridized carbons (Fsp3) is 0.692. The SMILES string of the molecule is c1cc(CCNCCC2CCCC2)cs1. The van der Waals surface area contributed by atoms with Crippen LogP contribution in [0.1, 0.15) is 37.7 Å². The molecule has 0 spiro atoms. The van der Waals surface area contributed by atoms with Gasteiger partial charge in [-0.05, 0) is 54.2 Å². The maximum atomic E-state index is 3.56. The van der Waals surface area contributed by atoms with Crippen molar-refractivity contribution in [3.05, 3.63) is 22.4 Å². The van der Waals surface area contributed by atoms with E-state index < -0.39 is 0 Å². The molecule has 0 aliphatic heterocycles. The van der Waals surface area contributed by atoms with Gasteiger partial charge in [-0.1, -0.05) is 25.7 Å². The van der Waals surface area contributed by atoms with Crippen molar-refractivity contribution in [1.82, 2.24) is 5.32 Å². The number of hydrogen-bond acceptors (Lipinski definition) is 2. The van der Waals surface area contributed by atoms with Crippen molar-refractivity contribution in [2.75, 3.05) is 13.1 Å². The Bertz CT molecular complexity index is 250. The number of rotatable bonds is 6. The van der Waals surface area contributed by atoms with Crippen molar-refractivity contribution in [3.63, 3.8) is 0 Å². The lowest BCUT2D eigenvalue weighted by atomic mass is 10.0. The summed E-state index contributed by atoms with van der Waals surface area (Å²) in [7, 11) is 0. The zero-order valence-corrected chi connectivity index (χ0v) is 10.2. The van der Waals surface area contributed by atoms with Crippen molar-refractivity contribution in [2.45, 2.75) is 38.5 Å². The topological polar surface area (TPSA) is 12.0 Å². The molecule has 1 nitrogen and oxygen atoms in total. The average molecular weight is 223 g/mol. The smallest absolute Gasteiger partial charge is 0.000806 e. The quantitative estimate of drug-likeness (QED) is 0.728. The molecule has 1 fully saturated rings. The molecule has 15 heavy (non-hydrogen) atoms. The molecule has 1 N–H and O–H groups in total. The Kier molecular flexibility index (Phi) is 4.68. The third kappa shape index (κ3) is 3.96. The van der Waals surface area contributed by atoms with Crippen LogP contribution in [0.3, 0.4) is 0 Å². The van der Waals surface area contributed by atoms with Crippen molar-refractivity contribution in [3.8, 4) is 0 Å². The molecule has 0 radical (unpaired) electrons. The van der Waals surface area contributed by atoms with E-state index in [4.69, 9.17) is 0 Å². The molecular formula is C13H21NS. The standard InChI is InChI=1S/C13H21NS/c1-2-4-12(3-1)5-8-14-9-6-13-7-10-15-11-13/h7,10-12,14H,1-6,8-9H2. The summed E-state index contributed by atoms with van der Waals surface area (Å²) in [6.45, 7) is 2.36. The third-order valence-corrected chi connectivity index (χ3v) is 4.11. The van der Waals surface area contributed by atoms with Crippen LogP contribution >= 0.6 is 11.3 Å². The Hall–Kier alpha value is -0.340. The Morgan fingerprint density at radius 1 is 1.27 bits per heavy atom. The van der Waals surface area contributed by atoms with Crippen molar-refractivity contribution < 1.29 is 0 Å². The molecule has 1 saturated carbocycles. The largest absolute Gasteiger partial charge is 0.316 e. The van der Waals surface area contributed by atoms with Gasteiger partial charge in [-0.3, -0.25) is 0 Å². The molecule has 2 heteroatoms. The molecule has 1 aliphatic rings. The van der Waals surface area contributed by atoms with Gasteiger partial charge < -0.3 is 5.32 Å². The van der Waals surface area contributed by atoms with E-state index in [1.165, 1.54) is 50.6 Å². The predicted molar refractivity (Wildman–Crippen MR) is 67.5 cm³/mol. The van der Waals surface area contributed by atoms with E-state index in [1.807, 2.05) is 0 Å². The first-order valence-electron chi connectivity index (χ1n) is 6.17. The zero-order valence-electron chi connectivity index (χ0n) is 9.37. The van der Waals surface area contributed by atoms with Crippen LogP contribution in [-0.4, -0.2) is 13.1 Å². The van der Waals surface area contributed by atoms with Gasteiger partial charge in [-0.15, -0.1) is 0 Å². The first-order valence-corrected chi connectivity index (χ1v) is 7.11. The van der Waals surface area contributed by atoms with Crippen molar-refractivity contribution in [2.24, 2.45) is 5.92 Å². The second-order valence-electron chi connectivity index (χ2n) is 4.57. The number of nitrogens with one attached hydrogen (secondary N) is 1. The minimum atomic E-state index is 1.03. The van der Waals surface area contributed by atoms with Crippen LogP contribution < -0.4 is 5.32 Å². The molecule has 0 aromatic carbocycles. The molecule has 2 rings (SSSR count). The van der Waals surface area contributed by atoms with E-state index in [0.717, 1.165) is 12.5 Å². The summed E-state index contributed by atoms with van der Waals surface area (Å²) in [5.41, 5.74) is 1.48. The van der Waals surface area contributed by atoms with Gasteiger partial charge in [-0.25, -0.2) is 0 Å². The third-order valence-electron chi connectivity index (χ3n) is 3.37. The monoisotopic (exact) mass is 223 g/mol. The summed E-state index contributed by atoms with van der Waals surface area (Å²) >= 11 is 1.80. The number of hydrogen-bond donors (Lipinski definition) is 1. The van der Waals surface area contributed by atoms with E-state index in [0.29, 0.717) is 0 Å². The molecule has 0 atom stereocenters. The van der Waals surface area contributed by atoms with E-state index in [2.05, 4.69) is 22.1 Å².